The quantitative estimate of drug-likeness (QED) is 0.759. The zero-order valence-corrected chi connectivity index (χ0v) is 10.4. The Bertz CT molecular complexity index is 243. The lowest BCUT2D eigenvalue weighted by atomic mass is 10.3. The van der Waals surface area contributed by atoms with E-state index in [1.807, 2.05) is 0 Å². The molecule has 0 aromatic carbocycles. The molecule has 7 heteroatoms. The van der Waals surface area contributed by atoms with Crippen molar-refractivity contribution in [2.45, 2.75) is 26.1 Å². The van der Waals surface area contributed by atoms with Gasteiger partial charge in [0.15, 0.2) is 0 Å². The lowest BCUT2D eigenvalue weighted by molar-refractivity contribution is -0.151. The molecule has 102 valence electrons. The third kappa shape index (κ3) is 7.17. The lowest BCUT2D eigenvalue weighted by Crippen LogP contribution is -2.45. The van der Waals surface area contributed by atoms with Crippen LogP contribution in [0, 0.1) is 0 Å². The predicted octanol–water partition coefficient (Wildman–Crippen LogP) is 0.676. The summed E-state index contributed by atoms with van der Waals surface area (Å²) in [6.07, 6.45) is -4.31. The molecule has 0 aromatic rings. The summed E-state index contributed by atoms with van der Waals surface area (Å²) in [5.74, 6) is -0.335. The molecule has 0 aromatic heterocycles. The third-order valence-electron chi connectivity index (χ3n) is 2.38. The summed E-state index contributed by atoms with van der Waals surface area (Å²) in [6.45, 7) is 2.38. The Kier molecular flexibility index (Phi) is 6.48. The van der Waals surface area contributed by atoms with Crippen molar-refractivity contribution in [3.8, 4) is 0 Å². The molecular weight excluding hydrogens is 235 g/mol. The zero-order valence-electron chi connectivity index (χ0n) is 10.4. The van der Waals surface area contributed by atoms with Crippen molar-refractivity contribution in [1.82, 2.24) is 9.80 Å². The largest absolute Gasteiger partial charge is 0.401 e. The number of carbonyl (C=O) groups is 1. The Hall–Kier alpha value is -0.820. The van der Waals surface area contributed by atoms with Crippen LogP contribution in [0.3, 0.4) is 0 Å². The summed E-state index contributed by atoms with van der Waals surface area (Å²) in [7, 11) is 1.57. The van der Waals surface area contributed by atoms with E-state index in [-0.39, 0.29) is 31.6 Å². The third-order valence-corrected chi connectivity index (χ3v) is 2.38. The average molecular weight is 255 g/mol. The standard InChI is InChI=1S/C10H20F3N3O/c1-8(2)15(3)9(17)6-16(5-4-14)7-10(11,12)13/h8H,4-7,14H2,1-3H3. The molecule has 0 unspecified atom stereocenters. The first-order valence-corrected chi connectivity index (χ1v) is 5.42. The number of hydrogen-bond donors (Lipinski definition) is 1. The van der Waals surface area contributed by atoms with E-state index in [4.69, 9.17) is 5.73 Å². The van der Waals surface area contributed by atoms with Gasteiger partial charge in [-0.05, 0) is 13.8 Å². The normalized spacial score (nSPS) is 12.3. The van der Waals surface area contributed by atoms with E-state index in [1.165, 1.54) is 4.90 Å². The maximum atomic E-state index is 12.2. The summed E-state index contributed by atoms with van der Waals surface area (Å²) in [5.41, 5.74) is 5.23. The minimum Gasteiger partial charge on any atom is -0.342 e. The van der Waals surface area contributed by atoms with Gasteiger partial charge in [0.1, 0.15) is 0 Å². The first-order valence-electron chi connectivity index (χ1n) is 5.42. The topological polar surface area (TPSA) is 49.6 Å². The number of alkyl halides is 3. The van der Waals surface area contributed by atoms with E-state index in [9.17, 15) is 18.0 Å². The van der Waals surface area contributed by atoms with Crippen molar-refractivity contribution in [3.05, 3.63) is 0 Å². The van der Waals surface area contributed by atoms with Crippen LogP contribution in [0.25, 0.3) is 0 Å². The molecule has 0 atom stereocenters. The molecule has 0 saturated heterocycles. The Morgan fingerprint density at radius 3 is 2.24 bits per heavy atom. The predicted molar refractivity (Wildman–Crippen MR) is 59.5 cm³/mol. The lowest BCUT2D eigenvalue weighted by Gasteiger charge is -2.27. The van der Waals surface area contributed by atoms with E-state index in [0.717, 1.165) is 4.90 Å². The Balaban J connectivity index is 4.39. The van der Waals surface area contributed by atoms with Gasteiger partial charge in [0, 0.05) is 26.2 Å². The average Bonchev–Trinajstić information content (AvgIpc) is 2.13. The molecule has 0 aliphatic rings. The van der Waals surface area contributed by atoms with Crippen molar-refractivity contribution >= 4 is 5.91 Å². The van der Waals surface area contributed by atoms with E-state index < -0.39 is 12.7 Å². The summed E-state index contributed by atoms with van der Waals surface area (Å²) in [6, 6.07) is -0.0342. The van der Waals surface area contributed by atoms with Crippen LogP contribution in [-0.2, 0) is 4.79 Å². The molecule has 0 aliphatic carbocycles. The second kappa shape index (κ2) is 6.80. The Morgan fingerprint density at radius 1 is 1.35 bits per heavy atom. The number of halogens is 3. The molecule has 0 saturated carbocycles. The van der Waals surface area contributed by atoms with Crippen molar-refractivity contribution in [3.63, 3.8) is 0 Å². The van der Waals surface area contributed by atoms with Gasteiger partial charge in [-0.3, -0.25) is 9.69 Å². The fourth-order valence-corrected chi connectivity index (χ4v) is 1.24. The van der Waals surface area contributed by atoms with E-state index in [1.54, 1.807) is 20.9 Å². The number of amides is 1. The summed E-state index contributed by atoms with van der Waals surface area (Å²) >= 11 is 0. The highest BCUT2D eigenvalue weighted by Crippen LogP contribution is 2.16. The van der Waals surface area contributed by atoms with Crippen LogP contribution in [0.4, 0.5) is 13.2 Å². The molecule has 0 bridgehead atoms. The van der Waals surface area contributed by atoms with Crippen LogP contribution in [0.2, 0.25) is 0 Å². The summed E-state index contributed by atoms with van der Waals surface area (Å²) < 4.78 is 36.7. The van der Waals surface area contributed by atoms with Gasteiger partial charge in [-0.1, -0.05) is 0 Å². The maximum absolute atomic E-state index is 12.2. The van der Waals surface area contributed by atoms with Crippen LogP contribution in [0.15, 0.2) is 0 Å². The van der Waals surface area contributed by atoms with Crippen LogP contribution in [-0.4, -0.2) is 61.2 Å². The van der Waals surface area contributed by atoms with Gasteiger partial charge in [-0.15, -0.1) is 0 Å². The van der Waals surface area contributed by atoms with Gasteiger partial charge >= 0.3 is 6.18 Å². The van der Waals surface area contributed by atoms with Gasteiger partial charge < -0.3 is 10.6 Å². The molecular formula is C10H20F3N3O. The Morgan fingerprint density at radius 2 is 1.88 bits per heavy atom. The Labute approximate surface area is 99.5 Å². The number of rotatable bonds is 6. The second-order valence-corrected chi connectivity index (χ2v) is 4.21. The SMILES string of the molecule is CC(C)N(C)C(=O)CN(CCN)CC(F)(F)F. The minimum atomic E-state index is -4.31. The highest BCUT2D eigenvalue weighted by atomic mass is 19.4. The van der Waals surface area contributed by atoms with Gasteiger partial charge in [-0.2, -0.15) is 13.2 Å². The molecule has 0 aliphatic heterocycles. The summed E-state index contributed by atoms with van der Waals surface area (Å²) in [4.78, 5) is 14.1. The fourth-order valence-electron chi connectivity index (χ4n) is 1.24. The molecule has 0 rings (SSSR count). The number of carbonyl (C=O) groups excluding carboxylic acids is 1. The monoisotopic (exact) mass is 255 g/mol. The van der Waals surface area contributed by atoms with Gasteiger partial charge in [-0.25, -0.2) is 0 Å². The molecule has 0 fully saturated rings. The minimum absolute atomic E-state index is 0.0342. The van der Waals surface area contributed by atoms with Crippen LogP contribution in [0.1, 0.15) is 13.8 Å². The fraction of sp³-hybridized carbons (Fsp3) is 0.900. The molecule has 0 heterocycles. The van der Waals surface area contributed by atoms with Crippen LogP contribution < -0.4 is 5.73 Å². The molecule has 0 spiro atoms. The first-order chi connectivity index (χ1) is 7.67. The number of nitrogens with zero attached hydrogens (tertiary/aromatic N) is 2. The van der Waals surface area contributed by atoms with Gasteiger partial charge in [0.05, 0.1) is 13.1 Å². The van der Waals surface area contributed by atoms with Crippen molar-refractivity contribution in [2.24, 2.45) is 5.73 Å². The van der Waals surface area contributed by atoms with Gasteiger partial charge in [0.25, 0.3) is 0 Å². The van der Waals surface area contributed by atoms with E-state index in [0.29, 0.717) is 0 Å². The molecule has 17 heavy (non-hydrogen) atoms. The van der Waals surface area contributed by atoms with Crippen LogP contribution in [0.5, 0.6) is 0 Å². The van der Waals surface area contributed by atoms with Crippen molar-refractivity contribution < 1.29 is 18.0 Å². The van der Waals surface area contributed by atoms with Crippen molar-refractivity contribution in [2.75, 3.05) is 33.2 Å². The van der Waals surface area contributed by atoms with Crippen molar-refractivity contribution in [1.29, 1.82) is 0 Å². The van der Waals surface area contributed by atoms with Crippen LogP contribution >= 0.6 is 0 Å². The number of hydrogen-bond acceptors (Lipinski definition) is 3. The first kappa shape index (κ1) is 16.2. The molecule has 1 amide bonds. The highest BCUT2D eigenvalue weighted by Gasteiger charge is 2.31. The van der Waals surface area contributed by atoms with E-state index in [2.05, 4.69) is 0 Å². The molecule has 2 N–H and O–H groups in total. The molecule has 0 radical (unpaired) electrons. The smallest absolute Gasteiger partial charge is 0.342 e. The number of likely N-dealkylation sites (N-methyl/N-ethyl adjacent to an activating group) is 1. The summed E-state index contributed by atoms with van der Waals surface area (Å²) in [5, 5.41) is 0. The zero-order chi connectivity index (χ0) is 13.6. The highest BCUT2D eigenvalue weighted by molar-refractivity contribution is 5.78. The number of nitrogens with two attached hydrogens (primary N) is 1. The van der Waals surface area contributed by atoms with E-state index >= 15 is 0 Å². The molecule has 4 nitrogen and oxygen atoms in total. The maximum Gasteiger partial charge on any atom is 0.401 e. The van der Waals surface area contributed by atoms with Gasteiger partial charge in [0.2, 0.25) is 5.91 Å². The second-order valence-electron chi connectivity index (χ2n) is 4.21.